The molecular weight excluding hydrogens is 363 g/mol. The van der Waals surface area contributed by atoms with Crippen LogP contribution in [0.5, 0.6) is 5.75 Å². The van der Waals surface area contributed by atoms with Crippen LogP contribution >= 0.6 is 0 Å². The third-order valence-corrected chi connectivity index (χ3v) is 5.50. The molecular formula is C18H20F3N3O3. The molecule has 1 aromatic rings. The molecule has 2 unspecified atom stereocenters. The Labute approximate surface area is 154 Å². The molecule has 0 aromatic heterocycles. The molecule has 0 spiro atoms. The van der Waals surface area contributed by atoms with Gasteiger partial charge in [-0.1, -0.05) is 0 Å². The van der Waals surface area contributed by atoms with Crippen molar-refractivity contribution in [2.24, 2.45) is 16.6 Å². The number of ether oxygens (including phenoxy) is 2. The number of amides is 1. The molecule has 2 N–H and O–H groups in total. The van der Waals surface area contributed by atoms with Gasteiger partial charge in [0.15, 0.2) is 5.96 Å². The topological polar surface area (TPSA) is 77.2 Å². The Morgan fingerprint density at radius 1 is 1.37 bits per heavy atom. The number of hydrogen-bond acceptors (Lipinski definition) is 5. The van der Waals surface area contributed by atoms with E-state index in [1.54, 1.807) is 0 Å². The number of alkyl halides is 2. The van der Waals surface area contributed by atoms with E-state index in [4.69, 9.17) is 15.2 Å². The first-order valence-electron chi connectivity index (χ1n) is 8.77. The first-order chi connectivity index (χ1) is 12.7. The number of rotatable bonds is 3. The van der Waals surface area contributed by atoms with Crippen molar-refractivity contribution in [2.45, 2.75) is 36.8 Å². The van der Waals surface area contributed by atoms with Crippen LogP contribution in [0, 0.1) is 11.7 Å². The summed E-state index contributed by atoms with van der Waals surface area (Å²) in [5.41, 5.74) is 4.72. The first-order valence-corrected chi connectivity index (χ1v) is 8.77. The number of halogens is 3. The molecule has 3 aliphatic rings. The van der Waals surface area contributed by atoms with Gasteiger partial charge in [-0.25, -0.2) is 18.2 Å². The van der Waals surface area contributed by atoms with Crippen LogP contribution in [0.15, 0.2) is 23.2 Å². The van der Waals surface area contributed by atoms with Crippen LogP contribution in [-0.4, -0.2) is 49.1 Å². The van der Waals surface area contributed by atoms with Crippen LogP contribution in [-0.2, 0) is 15.1 Å². The number of hydrogen-bond donors (Lipinski definition) is 1. The quantitative estimate of drug-likeness (QED) is 0.866. The predicted molar refractivity (Wildman–Crippen MR) is 90.0 cm³/mol. The number of guanidine groups is 1. The highest BCUT2D eigenvalue weighted by Crippen LogP contribution is 2.45. The van der Waals surface area contributed by atoms with Gasteiger partial charge in [0, 0.05) is 32.1 Å². The monoisotopic (exact) mass is 383 g/mol. The normalized spacial score (nSPS) is 30.4. The van der Waals surface area contributed by atoms with Crippen molar-refractivity contribution in [1.82, 2.24) is 4.90 Å². The summed E-state index contributed by atoms with van der Waals surface area (Å²) < 4.78 is 51.9. The van der Waals surface area contributed by atoms with Crippen LogP contribution in [0.25, 0.3) is 0 Å². The van der Waals surface area contributed by atoms with E-state index in [1.807, 2.05) is 0 Å². The Kier molecular flexibility index (Phi) is 4.10. The summed E-state index contributed by atoms with van der Waals surface area (Å²) in [5.74, 6) is -3.94. The van der Waals surface area contributed by atoms with Gasteiger partial charge >= 0.3 is 0 Å². The van der Waals surface area contributed by atoms with Crippen molar-refractivity contribution in [3.05, 3.63) is 29.6 Å². The van der Waals surface area contributed by atoms with Crippen LogP contribution in [0.3, 0.4) is 0 Å². The van der Waals surface area contributed by atoms with Gasteiger partial charge in [-0.3, -0.25) is 9.69 Å². The van der Waals surface area contributed by atoms with Gasteiger partial charge in [-0.2, -0.15) is 0 Å². The number of carbonyl (C=O) groups excluding carboxylic acids is 1. The van der Waals surface area contributed by atoms with Crippen LogP contribution in [0.1, 0.15) is 24.8 Å². The molecule has 6 nitrogen and oxygen atoms in total. The third-order valence-electron chi connectivity index (χ3n) is 5.50. The lowest BCUT2D eigenvalue weighted by Crippen LogP contribution is -2.58. The molecule has 1 aliphatic carbocycles. The lowest BCUT2D eigenvalue weighted by Gasteiger charge is -2.45. The maximum Gasteiger partial charge on any atom is 0.255 e. The minimum Gasteiger partial charge on any atom is -0.490 e. The fraction of sp³-hybridized carbons (Fsp3) is 0.556. The Bertz CT molecular complexity index is 808. The number of nitrogens with zero attached hydrogens (tertiary/aromatic N) is 2. The Hall–Kier alpha value is -2.29. The number of carbonyl (C=O) groups is 1. The average molecular weight is 383 g/mol. The van der Waals surface area contributed by atoms with E-state index >= 15 is 0 Å². The zero-order valence-corrected chi connectivity index (χ0v) is 14.8. The second-order valence-electron chi connectivity index (χ2n) is 7.33. The molecule has 27 heavy (non-hydrogen) atoms. The van der Waals surface area contributed by atoms with E-state index in [0.29, 0.717) is 13.0 Å². The molecule has 0 bridgehead atoms. The molecule has 4 rings (SSSR count). The Morgan fingerprint density at radius 3 is 2.81 bits per heavy atom. The standard InChI is InChI=1S/C18H20F3N3O3/c1-24-15(25)12-4-5-26-9-18(12,23-16(24)22)13-6-10(2-3-14(13)19)27-11-7-17(20,21)8-11/h2-3,6,11-12H,4-5,7-9H2,1H3,(H2,22,23). The maximum absolute atomic E-state index is 14.8. The molecule has 1 saturated heterocycles. The molecule has 146 valence electrons. The summed E-state index contributed by atoms with van der Waals surface area (Å²) in [7, 11) is 1.52. The molecule has 2 fully saturated rings. The highest BCUT2D eigenvalue weighted by Gasteiger charge is 2.53. The molecule has 1 amide bonds. The van der Waals surface area contributed by atoms with Crippen molar-refractivity contribution in [2.75, 3.05) is 20.3 Å². The fourth-order valence-corrected chi connectivity index (χ4v) is 3.95. The zero-order chi connectivity index (χ0) is 19.4. The van der Waals surface area contributed by atoms with Crippen LogP contribution in [0.2, 0.25) is 0 Å². The minimum atomic E-state index is -2.71. The van der Waals surface area contributed by atoms with E-state index in [1.165, 1.54) is 30.1 Å². The average Bonchev–Trinajstić information content (AvgIpc) is 2.60. The van der Waals surface area contributed by atoms with Crippen molar-refractivity contribution in [3.63, 3.8) is 0 Å². The van der Waals surface area contributed by atoms with E-state index in [-0.39, 0.29) is 42.6 Å². The summed E-state index contributed by atoms with van der Waals surface area (Å²) in [4.78, 5) is 18.4. The number of fused-ring (bicyclic) bond motifs is 1. The summed E-state index contributed by atoms with van der Waals surface area (Å²) >= 11 is 0. The van der Waals surface area contributed by atoms with Crippen molar-refractivity contribution in [3.8, 4) is 5.75 Å². The number of benzene rings is 1. The Balaban J connectivity index is 1.72. The van der Waals surface area contributed by atoms with Crippen LogP contribution in [0.4, 0.5) is 13.2 Å². The molecule has 1 saturated carbocycles. The van der Waals surface area contributed by atoms with Gasteiger partial charge in [0.25, 0.3) is 5.92 Å². The van der Waals surface area contributed by atoms with E-state index < -0.39 is 29.3 Å². The van der Waals surface area contributed by atoms with Gasteiger partial charge in [-0.15, -0.1) is 0 Å². The zero-order valence-electron chi connectivity index (χ0n) is 14.8. The second kappa shape index (κ2) is 6.12. The van der Waals surface area contributed by atoms with Crippen molar-refractivity contribution in [1.29, 1.82) is 0 Å². The molecule has 2 aliphatic heterocycles. The maximum atomic E-state index is 14.8. The third kappa shape index (κ3) is 2.93. The predicted octanol–water partition coefficient (Wildman–Crippen LogP) is 2.02. The molecule has 0 radical (unpaired) electrons. The molecule has 1 aromatic carbocycles. The fourth-order valence-electron chi connectivity index (χ4n) is 3.95. The smallest absolute Gasteiger partial charge is 0.255 e. The lowest BCUT2D eigenvalue weighted by atomic mass is 9.74. The molecule has 2 heterocycles. The second-order valence-corrected chi connectivity index (χ2v) is 7.33. The van der Waals surface area contributed by atoms with Gasteiger partial charge in [-0.05, 0) is 24.6 Å². The summed E-state index contributed by atoms with van der Waals surface area (Å²) in [6.07, 6.45) is -0.989. The largest absolute Gasteiger partial charge is 0.490 e. The highest BCUT2D eigenvalue weighted by molar-refractivity contribution is 6.00. The van der Waals surface area contributed by atoms with Crippen molar-refractivity contribution < 1.29 is 27.4 Å². The van der Waals surface area contributed by atoms with E-state index in [2.05, 4.69) is 4.99 Å². The molecule has 9 heteroatoms. The number of aliphatic imine (C=N–C) groups is 1. The van der Waals surface area contributed by atoms with E-state index in [9.17, 15) is 18.0 Å². The van der Waals surface area contributed by atoms with Crippen LogP contribution < -0.4 is 10.5 Å². The van der Waals surface area contributed by atoms with Gasteiger partial charge < -0.3 is 15.2 Å². The molecule has 2 atom stereocenters. The summed E-state index contributed by atoms with van der Waals surface area (Å²) in [5, 5.41) is 0. The summed E-state index contributed by atoms with van der Waals surface area (Å²) in [6.45, 7) is 0.357. The van der Waals surface area contributed by atoms with E-state index in [0.717, 1.165) is 0 Å². The SMILES string of the molecule is CN1C(=O)C2CCOCC2(c2cc(OC3CC(F)(F)C3)ccc2F)N=C1N. The lowest BCUT2D eigenvalue weighted by molar-refractivity contribution is -0.140. The highest BCUT2D eigenvalue weighted by atomic mass is 19.3. The van der Waals surface area contributed by atoms with Gasteiger partial charge in [0.05, 0.1) is 12.5 Å². The minimum absolute atomic E-state index is 0.000179. The number of nitrogens with two attached hydrogens (primary N) is 1. The summed E-state index contributed by atoms with van der Waals surface area (Å²) in [6, 6.07) is 3.99. The van der Waals surface area contributed by atoms with Crippen molar-refractivity contribution >= 4 is 11.9 Å². The first kappa shape index (κ1) is 18.1. The van der Waals surface area contributed by atoms with Gasteiger partial charge in [0.2, 0.25) is 5.91 Å². The van der Waals surface area contributed by atoms with Gasteiger partial charge in [0.1, 0.15) is 23.2 Å². The Morgan fingerprint density at radius 2 is 2.11 bits per heavy atom.